The average Bonchev–Trinajstić information content (AvgIpc) is 3.04. The van der Waals surface area contributed by atoms with Crippen molar-refractivity contribution in [3.63, 3.8) is 0 Å². The third kappa shape index (κ3) is 2.93. The first-order valence-corrected chi connectivity index (χ1v) is 7.54. The molecule has 0 radical (unpaired) electrons. The first-order chi connectivity index (χ1) is 9.22. The number of aryl methyl sites for hydroxylation is 1. The summed E-state index contributed by atoms with van der Waals surface area (Å²) in [5, 5.41) is 0. The Morgan fingerprint density at radius 3 is 2.74 bits per heavy atom. The minimum atomic E-state index is 0.803. The molecular formula is C16H25N3. The second-order valence-electron chi connectivity index (χ2n) is 6.11. The lowest BCUT2D eigenvalue weighted by molar-refractivity contribution is 0.230. The average molecular weight is 259 g/mol. The Labute approximate surface area is 116 Å². The number of hydrogen-bond acceptors (Lipinski definition) is 3. The molecule has 1 atom stereocenters. The van der Waals surface area contributed by atoms with Crippen LogP contribution in [0.1, 0.15) is 30.4 Å². The maximum absolute atomic E-state index is 5.88. The number of nitrogen functional groups attached to an aromatic ring is 1. The molecule has 3 rings (SSSR count). The monoisotopic (exact) mass is 259 g/mol. The van der Waals surface area contributed by atoms with Gasteiger partial charge < -0.3 is 5.73 Å². The molecule has 0 saturated carbocycles. The molecule has 0 spiro atoms. The van der Waals surface area contributed by atoms with Crippen LogP contribution in [0, 0.1) is 6.92 Å². The van der Waals surface area contributed by atoms with Crippen LogP contribution in [0.3, 0.4) is 0 Å². The molecule has 2 heterocycles. The van der Waals surface area contributed by atoms with E-state index in [0.717, 1.165) is 18.3 Å². The molecule has 104 valence electrons. The van der Waals surface area contributed by atoms with Gasteiger partial charge in [-0.05, 0) is 56.5 Å². The third-order valence-electron chi connectivity index (χ3n) is 4.64. The summed E-state index contributed by atoms with van der Waals surface area (Å²) in [4.78, 5) is 5.28. The van der Waals surface area contributed by atoms with Gasteiger partial charge in [0.2, 0.25) is 0 Å². The smallest absolute Gasteiger partial charge is 0.0343 e. The Morgan fingerprint density at radius 2 is 2.00 bits per heavy atom. The van der Waals surface area contributed by atoms with Gasteiger partial charge in [0.25, 0.3) is 0 Å². The molecule has 2 aliphatic rings. The molecule has 2 aliphatic heterocycles. The minimum absolute atomic E-state index is 0.803. The summed E-state index contributed by atoms with van der Waals surface area (Å²) >= 11 is 0. The Balaban J connectivity index is 1.57. The summed E-state index contributed by atoms with van der Waals surface area (Å²) < 4.78 is 0. The van der Waals surface area contributed by atoms with E-state index < -0.39 is 0 Å². The number of rotatable bonds is 3. The molecule has 2 N–H and O–H groups in total. The van der Waals surface area contributed by atoms with Crippen molar-refractivity contribution in [2.45, 2.75) is 38.8 Å². The van der Waals surface area contributed by atoms with Gasteiger partial charge in [-0.1, -0.05) is 12.1 Å². The Morgan fingerprint density at radius 1 is 1.21 bits per heavy atom. The summed E-state index contributed by atoms with van der Waals surface area (Å²) in [7, 11) is 0. The predicted molar refractivity (Wildman–Crippen MR) is 80.1 cm³/mol. The lowest BCUT2D eigenvalue weighted by Crippen LogP contribution is -2.35. The van der Waals surface area contributed by atoms with E-state index in [1.54, 1.807) is 0 Å². The van der Waals surface area contributed by atoms with Crippen LogP contribution in [0.4, 0.5) is 5.69 Å². The molecule has 2 saturated heterocycles. The van der Waals surface area contributed by atoms with E-state index in [2.05, 4.69) is 28.9 Å². The lowest BCUT2D eigenvalue weighted by atomic mass is 10.1. The van der Waals surface area contributed by atoms with E-state index in [4.69, 9.17) is 5.73 Å². The normalized spacial score (nSPS) is 25.2. The van der Waals surface area contributed by atoms with E-state index in [1.807, 2.05) is 6.07 Å². The van der Waals surface area contributed by atoms with Crippen molar-refractivity contribution in [2.24, 2.45) is 0 Å². The molecule has 1 unspecified atom stereocenters. The summed E-state index contributed by atoms with van der Waals surface area (Å²) in [5.74, 6) is 0. The molecule has 19 heavy (non-hydrogen) atoms. The van der Waals surface area contributed by atoms with E-state index >= 15 is 0 Å². The number of nitrogens with two attached hydrogens (primary N) is 1. The molecule has 0 aromatic heterocycles. The van der Waals surface area contributed by atoms with E-state index in [1.165, 1.54) is 56.6 Å². The van der Waals surface area contributed by atoms with E-state index in [9.17, 15) is 0 Å². The minimum Gasteiger partial charge on any atom is -0.399 e. The highest BCUT2D eigenvalue weighted by atomic mass is 15.3. The van der Waals surface area contributed by atoms with Crippen LogP contribution in [-0.2, 0) is 6.54 Å². The summed E-state index contributed by atoms with van der Waals surface area (Å²) in [6.45, 7) is 8.29. The van der Waals surface area contributed by atoms with Crippen molar-refractivity contribution in [2.75, 3.05) is 31.9 Å². The zero-order valence-electron chi connectivity index (χ0n) is 11.9. The topological polar surface area (TPSA) is 32.5 Å². The number of anilines is 1. The van der Waals surface area contributed by atoms with Gasteiger partial charge in [0.1, 0.15) is 0 Å². The largest absolute Gasteiger partial charge is 0.399 e. The molecular weight excluding hydrogens is 234 g/mol. The molecule has 3 heteroatoms. The highest BCUT2D eigenvalue weighted by Crippen LogP contribution is 2.22. The fraction of sp³-hybridized carbons (Fsp3) is 0.625. The SMILES string of the molecule is Cc1cc(CN2CCC(N3CCCC3)C2)ccc1N. The van der Waals surface area contributed by atoms with Gasteiger partial charge in [-0.15, -0.1) is 0 Å². The standard InChI is InChI=1S/C16H25N3/c1-13-10-14(4-5-16(13)17)11-18-9-6-15(12-18)19-7-2-3-8-19/h4-5,10,15H,2-3,6-9,11-12,17H2,1H3. The summed E-state index contributed by atoms with van der Waals surface area (Å²) in [6, 6.07) is 7.25. The van der Waals surface area contributed by atoms with E-state index in [-0.39, 0.29) is 0 Å². The lowest BCUT2D eigenvalue weighted by Gasteiger charge is -2.23. The fourth-order valence-electron chi connectivity index (χ4n) is 3.45. The van der Waals surface area contributed by atoms with Crippen LogP contribution in [-0.4, -0.2) is 42.0 Å². The Bertz CT molecular complexity index is 438. The van der Waals surface area contributed by atoms with Crippen LogP contribution in [0.5, 0.6) is 0 Å². The molecule has 1 aromatic rings. The quantitative estimate of drug-likeness (QED) is 0.845. The maximum Gasteiger partial charge on any atom is 0.0343 e. The van der Waals surface area contributed by atoms with Crippen molar-refractivity contribution in [1.29, 1.82) is 0 Å². The number of nitrogens with zero attached hydrogens (tertiary/aromatic N) is 2. The number of likely N-dealkylation sites (tertiary alicyclic amines) is 2. The van der Waals surface area contributed by atoms with Crippen molar-refractivity contribution in [3.8, 4) is 0 Å². The zero-order valence-corrected chi connectivity index (χ0v) is 11.9. The van der Waals surface area contributed by atoms with Crippen LogP contribution < -0.4 is 5.73 Å². The van der Waals surface area contributed by atoms with Crippen LogP contribution in [0.25, 0.3) is 0 Å². The second kappa shape index (κ2) is 5.51. The molecule has 0 aliphatic carbocycles. The highest BCUT2D eigenvalue weighted by Gasteiger charge is 2.28. The maximum atomic E-state index is 5.88. The first-order valence-electron chi connectivity index (χ1n) is 7.54. The van der Waals surface area contributed by atoms with Crippen LogP contribution in [0.2, 0.25) is 0 Å². The second-order valence-corrected chi connectivity index (χ2v) is 6.11. The van der Waals surface area contributed by atoms with Crippen molar-refractivity contribution in [3.05, 3.63) is 29.3 Å². The van der Waals surface area contributed by atoms with Crippen LogP contribution >= 0.6 is 0 Å². The molecule has 2 fully saturated rings. The van der Waals surface area contributed by atoms with Crippen molar-refractivity contribution in [1.82, 2.24) is 9.80 Å². The van der Waals surface area contributed by atoms with Crippen molar-refractivity contribution >= 4 is 5.69 Å². The van der Waals surface area contributed by atoms with Gasteiger partial charge in [-0.3, -0.25) is 9.80 Å². The number of benzene rings is 1. The van der Waals surface area contributed by atoms with Gasteiger partial charge in [-0.2, -0.15) is 0 Å². The van der Waals surface area contributed by atoms with Gasteiger partial charge in [-0.25, -0.2) is 0 Å². The van der Waals surface area contributed by atoms with Crippen LogP contribution in [0.15, 0.2) is 18.2 Å². The molecule has 0 bridgehead atoms. The Hall–Kier alpha value is -1.06. The van der Waals surface area contributed by atoms with Gasteiger partial charge >= 0.3 is 0 Å². The summed E-state index contributed by atoms with van der Waals surface area (Å²) in [6.07, 6.45) is 4.13. The highest BCUT2D eigenvalue weighted by molar-refractivity contribution is 5.47. The Kier molecular flexibility index (Phi) is 3.76. The molecule has 1 aromatic carbocycles. The molecule has 0 amide bonds. The van der Waals surface area contributed by atoms with Crippen molar-refractivity contribution < 1.29 is 0 Å². The first kappa shape index (κ1) is 12.9. The summed E-state index contributed by atoms with van der Waals surface area (Å²) in [5.41, 5.74) is 9.38. The van der Waals surface area contributed by atoms with Gasteiger partial charge in [0.15, 0.2) is 0 Å². The third-order valence-corrected chi connectivity index (χ3v) is 4.64. The van der Waals surface area contributed by atoms with E-state index in [0.29, 0.717) is 0 Å². The van der Waals surface area contributed by atoms with Gasteiger partial charge in [0, 0.05) is 31.4 Å². The number of hydrogen-bond donors (Lipinski definition) is 1. The fourth-order valence-corrected chi connectivity index (χ4v) is 3.45. The predicted octanol–water partition coefficient (Wildman–Crippen LogP) is 2.25. The van der Waals surface area contributed by atoms with Gasteiger partial charge in [0.05, 0.1) is 0 Å². The zero-order chi connectivity index (χ0) is 13.2. The molecule has 3 nitrogen and oxygen atoms in total.